The van der Waals surface area contributed by atoms with Crippen LogP contribution >= 0.6 is 0 Å². The summed E-state index contributed by atoms with van der Waals surface area (Å²) in [4.78, 5) is 22.7. The number of carbonyl (C=O) groups is 2. The van der Waals surface area contributed by atoms with Gasteiger partial charge < -0.3 is 15.9 Å². The summed E-state index contributed by atoms with van der Waals surface area (Å²) < 4.78 is 0. The van der Waals surface area contributed by atoms with Crippen molar-refractivity contribution in [1.29, 1.82) is 0 Å². The lowest BCUT2D eigenvalue weighted by atomic mass is 9.73. The quantitative estimate of drug-likeness (QED) is 0.755. The fourth-order valence-electron chi connectivity index (χ4n) is 2.20. The van der Waals surface area contributed by atoms with Gasteiger partial charge in [-0.1, -0.05) is 48.6 Å². The van der Waals surface area contributed by atoms with Crippen molar-refractivity contribution in [3.05, 3.63) is 54.1 Å². The SMILES string of the molecule is NC1(C(=O)O)C(c2ccccc2)=CC=CC1C(=O)O. The molecule has 0 spiro atoms. The minimum Gasteiger partial charge on any atom is -0.481 e. The zero-order valence-electron chi connectivity index (χ0n) is 9.98. The number of aliphatic carboxylic acids is 2. The van der Waals surface area contributed by atoms with Gasteiger partial charge >= 0.3 is 11.9 Å². The third kappa shape index (κ3) is 2.04. The zero-order chi connectivity index (χ0) is 14.0. The number of hydrogen-bond donors (Lipinski definition) is 3. The van der Waals surface area contributed by atoms with Gasteiger partial charge in [0.05, 0.1) is 0 Å². The van der Waals surface area contributed by atoms with Crippen LogP contribution in [0.2, 0.25) is 0 Å². The molecule has 2 atom stereocenters. The molecule has 1 aliphatic rings. The van der Waals surface area contributed by atoms with Gasteiger partial charge in [0, 0.05) is 0 Å². The van der Waals surface area contributed by atoms with Crippen LogP contribution in [0.15, 0.2) is 48.6 Å². The summed E-state index contributed by atoms with van der Waals surface area (Å²) in [6.45, 7) is 0. The highest BCUT2D eigenvalue weighted by atomic mass is 16.4. The molecule has 2 unspecified atom stereocenters. The second-order valence-electron chi connectivity index (χ2n) is 4.32. The second-order valence-corrected chi connectivity index (χ2v) is 4.32. The highest BCUT2D eigenvalue weighted by Gasteiger charge is 2.49. The normalized spacial score (nSPS) is 25.7. The van der Waals surface area contributed by atoms with Crippen molar-refractivity contribution in [1.82, 2.24) is 0 Å². The Bertz CT molecular complexity index is 576. The molecular formula is C14H13NO4. The molecule has 5 heteroatoms. The van der Waals surface area contributed by atoms with Crippen molar-refractivity contribution in [2.45, 2.75) is 5.54 Å². The van der Waals surface area contributed by atoms with Crippen LogP contribution in [0.4, 0.5) is 0 Å². The van der Waals surface area contributed by atoms with Gasteiger partial charge in [-0.15, -0.1) is 0 Å². The molecule has 5 nitrogen and oxygen atoms in total. The van der Waals surface area contributed by atoms with Crippen LogP contribution in [-0.2, 0) is 9.59 Å². The van der Waals surface area contributed by atoms with E-state index in [1.54, 1.807) is 36.4 Å². The summed E-state index contributed by atoms with van der Waals surface area (Å²) in [6.07, 6.45) is 4.36. The number of carboxylic acids is 2. The number of rotatable bonds is 3. The number of hydrogen-bond acceptors (Lipinski definition) is 3. The lowest BCUT2D eigenvalue weighted by molar-refractivity contribution is -0.150. The van der Waals surface area contributed by atoms with E-state index in [0.717, 1.165) is 0 Å². The predicted molar refractivity (Wildman–Crippen MR) is 69.2 cm³/mol. The molecule has 0 fully saturated rings. The van der Waals surface area contributed by atoms with Crippen molar-refractivity contribution in [3.63, 3.8) is 0 Å². The maximum absolute atomic E-state index is 11.5. The first-order valence-corrected chi connectivity index (χ1v) is 5.67. The molecule has 0 saturated heterocycles. The molecule has 2 rings (SSSR count). The van der Waals surface area contributed by atoms with E-state index in [1.165, 1.54) is 12.2 Å². The van der Waals surface area contributed by atoms with Crippen LogP contribution in [0.25, 0.3) is 5.57 Å². The molecule has 0 saturated carbocycles. The second kappa shape index (κ2) is 4.70. The Kier molecular flexibility index (Phi) is 3.23. The van der Waals surface area contributed by atoms with E-state index in [9.17, 15) is 14.7 Å². The molecule has 0 aromatic heterocycles. The lowest BCUT2D eigenvalue weighted by Crippen LogP contribution is -2.57. The number of nitrogens with two attached hydrogens (primary N) is 1. The van der Waals surface area contributed by atoms with Gasteiger partial charge in [-0.2, -0.15) is 0 Å². The molecule has 1 aromatic carbocycles. The smallest absolute Gasteiger partial charge is 0.329 e. The molecular weight excluding hydrogens is 246 g/mol. The topological polar surface area (TPSA) is 101 Å². The van der Waals surface area contributed by atoms with Crippen molar-refractivity contribution in [3.8, 4) is 0 Å². The van der Waals surface area contributed by atoms with E-state index in [1.807, 2.05) is 0 Å². The fourth-order valence-corrected chi connectivity index (χ4v) is 2.20. The Labute approximate surface area is 109 Å². The first-order valence-electron chi connectivity index (χ1n) is 5.67. The summed E-state index contributed by atoms with van der Waals surface area (Å²) in [6, 6.07) is 8.68. The molecule has 19 heavy (non-hydrogen) atoms. The first kappa shape index (κ1) is 13.0. The average molecular weight is 259 g/mol. The average Bonchev–Trinajstić information content (AvgIpc) is 2.39. The van der Waals surface area contributed by atoms with Crippen LogP contribution < -0.4 is 5.73 Å². The maximum atomic E-state index is 11.5. The van der Waals surface area contributed by atoms with Crippen LogP contribution in [0.3, 0.4) is 0 Å². The lowest BCUT2D eigenvalue weighted by Gasteiger charge is -2.34. The van der Waals surface area contributed by atoms with E-state index in [2.05, 4.69) is 0 Å². The van der Waals surface area contributed by atoms with Gasteiger partial charge in [0.2, 0.25) is 0 Å². The Morgan fingerprint density at radius 1 is 1.16 bits per heavy atom. The van der Waals surface area contributed by atoms with Gasteiger partial charge in [-0.25, -0.2) is 4.79 Å². The molecule has 0 heterocycles. The van der Waals surface area contributed by atoms with E-state index in [4.69, 9.17) is 10.8 Å². The van der Waals surface area contributed by atoms with E-state index in [0.29, 0.717) is 5.56 Å². The third-order valence-electron chi connectivity index (χ3n) is 3.21. The Morgan fingerprint density at radius 3 is 2.32 bits per heavy atom. The number of carboxylic acid groups (broad SMARTS) is 2. The van der Waals surface area contributed by atoms with Crippen molar-refractivity contribution < 1.29 is 19.8 Å². The third-order valence-corrected chi connectivity index (χ3v) is 3.21. The van der Waals surface area contributed by atoms with E-state index >= 15 is 0 Å². The Hall–Kier alpha value is -2.40. The molecule has 98 valence electrons. The maximum Gasteiger partial charge on any atom is 0.329 e. The fraction of sp³-hybridized carbons (Fsp3) is 0.143. The van der Waals surface area contributed by atoms with E-state index < -0.39 is 23.4 Å². The van der Waals surface area contributed by atoms with Crippen molar-refractivity contribution >= 4 is 17.5 Å². The largest absolute Gasteiger partial charge is 0.481 e. The number of allylic oxidation sites excluding steroid dienone is 2. The first-order chi connectivity index (χ1) is 8.98. The standard InChI is InChI=1S/C14H13NO4/c15-14(13(18)19)10(9-5-2-1-3-6-9)7-4-8-11(14)12(16)17/h1-8,11H,15H2,(H,16,17)(H,18,19). The van der Waals surface area contributed by atoms with Gasteiger partial charge in [0.1, 0.15) is 5.92 Å². The van der Waals surface area contributed by atoms with Gasteiger partial charge in [-0.3, -0.25) is 4.79 Å². The van der Waals surface area contributed by atoms with Gasteiger partial charge in [0.15, 0.2) is 5.54 Å². The molecule has 0 radical (unpaired) electrons. The Balaban J connectivity index is 2.59. The monoisotopic (exact) mass is 259 g/mol. The summed E-state index contributed by atoms with van der Waals surface area (Å²) in [5.41, 5.74) is 4.84. The highest BCUT2D eigenvalue weighted by molar-refractivity contribution is 6.02. The van der Waals surface area contributed by atoms with Crippen molar-refractivity contribution in [2.75, 3.05) is 0 Å². The van der Waals surface area contributed by atoms with Crippen LogP contribution in [0, 0.1) is 5.92 Å². The molecule has 4 N–H and O–H groups in total. The minimum atomic E-state index is -1.97. The molecule has 1 aliphatic carbocycles. The molecule has 0 amide bonds. The minimum absolute atomic E-state index is 0.288. The van der Waals surface area contributed by atoms with Gasteiger partial charge in [0.25, 0.3) is 0 Å². The van der Waals surface area contributed by atoms with Gasteiger partial charge in [-0.05, 0) is 11.1 Å². The predicted octanol–water partition coefficient (Wildman–Crippen LogP) is 1.12. The summed E-state index contributed by atoms with van der Waals surface area (Å²) in [7, 11) is 0. The summed E-state index contributed by atoms with van der Waals surface area (Å²) >= 11 is 0. The molecule has 0 aliphatic heterocycles. The summed E-state index contributed by atoms with van der Waals surface area (Å²) in [5.74, 6) is -3.92. The molecule has 1 aromatic rings. The molecule has 0 bridgehead atoms. The van der Waals surface area contributed by atoms with E-state index in [-0.39, 0.29) is 5.57 Å². The van der Waals surface area contributed by atoms with Crippen LogP contribution in [-0.4, -0.2) is 27.7 Å². The number of benzene rings is 1. The zero-order valence-corrected chi connectivity index (χ0v) is 9.98. The van der Waals surface area contributed by atoms with Crippen LogP contribution in [0.5, 0.6) is 0 Å². The Morgan fingerprint density at radius 2 is 1.79 bits per heavy atom. The summed E-state index contributed by atoms with van der Waals surface area (Å²) in [5, 5.41) is 18.6. The highest BCUT2D eigenvalue weighted by Crippen LogP contribution is 2.36. The van der Waals surface area contributed by atoms with Crippen LogP contribution in [0.1, 0.15) is 5.56 Å². The van der Waals surface area contributed by atoms with Crippen molar-refractivity contribution in [2.24, 2.45) is 11.7 Å².